The number of fused-ring (bicyclic) bond motifs is 1. The summed E-state index contributed by atoms with van der Waals surface area (Å²) in [7, 11) is 0. The van der Waals surface area contributed by atoms with Crippen LogP contribution in [0.15, 0.2) is 77.9 Å². The van der Waals surface area contributed by atoms with Gasteiger partial charge in [-0.1, -0.05) is 71.8 Å². The second-order valence-electron chi connectivity index (χ2n) is 9.53. The van der Waals surface area contributed by atoms with Crippen molar-refractivity contribution in [1.29, 1.82) is 0 Å². The van der Waals surface area contributed by atoms with Gasteiger partial charge in [-0.3, -0.25) is 9.59 Å². The van der Waals surface area contributed by atoms with E-state index in [1.54, 1.807) is 0 Å². The van der Waals surface area contributed by atoms with E-state index in [0.29, 0.717) is 45.4 Å². The van der Waals surface area contributed by atoms with Crippen LogP contribution < -0.4 is 5.32 Å². The van der Waals surface area contributed by atoms with Crippen molar-refractivity contribution in [2.45, 2.75) is 57.4 Å². The lowest BCUT2D eigenvalue weighted by Gasteiger charge is -2.29. The summed E-state index contributed by atoms with van der Waals surface area (Å²) in [6, 6.07) is 23.5. The molecule has 0 aliphatic carbocycles. The summed E-state index contributed by atoms with van der Waals surface area (Å²) < 4.78 is 6.29. The zero-order valence-corrected chi connectivity index (χ0v) is 21.1. The summed E-state index contributed by atoms with van der Waals surface area (Å²) in [6.07, 6.45) is 2.39. The van der Waals surface area contributed by atoms with Crippen molar-refractivity contribution in [3.8, 4) is 0 Å². The molecule has 1 heterocycles. The van der Waals surface area contributed by atoms with Crippen molar-refractivity contribution in [2.24, 2.45) is 5.11 Å². The molecule has 192 valence electrons. The first-order valence-electron chi connectivity index (χ1n) is 12.7. The molecule has 1 aliphatic heterocycles. The second kappa shape index (κ2) is 12.9. The monoisotopic (exact) mass is 499 g/mol. The lowest BCUT2D eigenvalue weighted by atomic mass is 10.0. The Balaban J connectivity index is 1.46. The maximum Gasteiger partial charge on any atom is 0.245 e. The number of benzene rings is 3. The number of carbonyl (C=O) groups is 2. The van der Waals surface area contributed by atoms with Crippen LogP contribution in [0.1, 0.15) is 37.3 Å². The lowest BCUT2D eigenvalue weighted by molar-refractivity contribution is -0.137. The van der Waals surface area contributed by atoms with Gasteiger partial charge in [0.15, 0.2) is 0 Å². The summed E-state index contributed by atoms with van der Waals surface area (Å²) in [5, 5.41) is 8.85. The van der Waals surface area contributed by atoms with Crippen molar-refractivity contribution in [1.82, 2.24) is 10.2 Å². The molecule has 1 fully saturated rings. The number of ether oxygens (including phenoxy) is 1. The van der Waals surface area contributed by atoms with Crippen LogP contribution in [0, 0.1) is 0 Å². The molecule has 37 heavy (non-hydrogen) atoms. The van der Waals surface area contributed by atoms with Crippen LogP contribution in [0.4, 0.5) is 0 Å². The van der Waals surface area contributed by atoms with Gasteiger partial charge in [-0.05, 0) is 52.8 Å². The Bertz CT molecular complexity index is 1260. The average molecular weight is 500 g/mol. The molecule has 0 spiro atoms. The minimum Gasteiger partial charge on any atom is -0.372 e. The summed E-state index contributed by atoms with van der Waals surface area (Å²) >= 11 is 0. The first-order valence-corrected chi connectivity index (χ1v) is 12.7. The highest BCUT2D eigenvalue weighted by Crippen LogP contribution is 2.27. The van der Waals surface area contributed by atoms with E-state index in [4.69, 9.17) is 10.3 Å². The van der Waals surface area contributed by atoms with E-state index in [2.05, 4.69) is 45.7 Å². The van der Waals surface area contributed by atoms with Crippen molar-refractivity contribution in [2.75, 3.05) is 13.1 Å². The van der Waals surface area contributed by atoms with Gasteiger partial charge in [-0.25, -0.2) is 0 Å². The number of nitrogens with one attached hydrogen (secondary N) is 1. The smallest absolute Gasteiger partial charge is 0.245 e. The summed E-state index contributed by atoms with van der Waals surface area (Å²) in [4.78, 5) is 30.4. The molecule has 1 aliphatic rings. The van der Waals surface area contributed by atoms with Crippen LogP contribution in [0.2, 0.25) is 0 Å². The van der Waals surface area contributed by atoms with Gasteiger partial charge < -0.3 is 15.0 Å². The normalized spacial score (nSPS) is 17.8. The zero-order valence-electron chi connectivity index (χ0n) is 21.1. The molecule has 0 bridgehead atoms. The van der Waals surface area contributed by atoms with Crippen LogP contribution in [0.25, 0.3) is 21.2 Å². The van der Waals surface area contributed by atoms with Gasteiger partial charge in [0.1, 0.15) is 6.04 Å². The van der Waals surface area contributed by atoms with Crippen LogP contribution >= 0.6 is 0 Å². The van der Waals surface area contributed by atoms with E-state index in [1.165, 1.54) is 17.7 Å². The number of amides is 2. The topological polar surface area (TPSA) is 107 Å². The van der Waals surface area contributed by atoms with Gasteiger partial charge in [0, 0.05) is 37.4 Å². The van der Waals surface area contributed by atoms with Crippen molar-refractivity contribution in [3.05, 3.63) is 94.4 Å². The molecule has 3 aromatic rings. The minimum absolute atomic E-state index is 0.0463. The number of hydrogen-bond acceptors (Lipinski definition) is 4. The third-order valence-electron chi connectivity index (χ3n) is 6.78. The third kappa shape index (κ3) is 7.32. The van der Waals surface area contributed by atoms with E-state index in [1.807, 2.05) is 47.4 Å². The number of nitrogens with zero attached hydrogens (tertiary/aromatic N) is 4. The van der Waals surface area contributed by atoms with E-state index < -0.39 is 6.04 Å². The van der Waals surface area contributed by atoms with Gasteiger partial charge >= 0.3 is 0 Å². The molecule has 3 aromatic carbocycles. The summed E-state index contributed by atoms with van der Waals surface area (Å²) in [5.74, 6) is -0.345. The molecule has 0 saturated carbocycles. The second-order valence-corrected chi connectivity index (χ2v) is 9.53. The number of hydrogen-bond donors (Lipinski definition) is 1. The molecule has 8 nitrogen and oxygen atoms in total. The Hall–Kier alpha value is -3.87. The molecule has 3 atom stereocenters. The van der Waals surface area contributed by atoms with E-state index in [-0.39, 0.29) is 24.0 Å². The zero-order chi connectivity index (χ0) is 26.0. The van der Waals surface area contributed by atoms with Crippen molar-refractivity contribution >= 4 is 22.6 Å². The van der Waals surface area contributed by atoms with Crippen LogP contribution in [-0.2, 0) is 27.4 Å². The molecule has 8 heteroatoms. The highest BCUT2D eigenvalue weighted by molar-refractivity contribution is 5.87. The molecular formula is C29H33N5O3. The first-order chi connectivity index (χ1) is 18.0. The standard InChI is InChI=1S/C29H33N5O3/c1-21(35)32-28(17-22-8-3-2-4-9-22)29(36)34-19-27(18-26(34)12-7-15-31-33-30)37-20-23-13-14-24-10-5-6-11-25(24)16-23/h2-6,8-11,13-14,16,26-28H,7,12,15,17-20H2,1H3,(H,32,35)/t26-,27+,28+/m0/s1. The van der Waals surface area contributed by atoms with Crippen LogP contribution in [-0.4, -0.2) is 48.0 Å². The number of azide groups is 1. The van der Waals surface area contributed by atoms with Gasteiger partial charge in [0.25, 0.3) is 0 Å². The predicted octanol–water partition coefficient (Wildman–Crippen LogP) is 5.16. The molecule has 0 radical (unpaired) electrons. The van der Waals surface area contributed by atoms with Crippen LogP contribution in [0.3, 0.4) is 0 Å². The van der Waals surface area contributed by atoms with E-state index >= 15 is 0 Å². The quantitative estimate of drug-likeness (QED) is 0.170. The summed E-state index contributed by atoms with van der Waals surface area (Å²) in [6.45, 7) is 2.74. The number of carbonyl (C=O) groups excluding carboxylic acids is 2. The molecule has 1 N–H and O–H groups in total. The van der Waals surface area contributed by atoms with E-state index in [0.717, 1.165) is 11.1 Å². The number of rotatable bonds is 11. The molecule has 1 saturated heterocycles. The Kier molecular flexibility index (Phi) is 9.13. The molecule has 0 unspecified atom stereocenters. The van der Waals surface area contributed by atoms with E-state index in [9.17, 15) is 9.59 Å². The fraction of sp³-hybridized carbons (Fsp3) is 0.379. The Labute approximate surface area is 217 Å². The number of likely N-dealkylation sites (tertiary alicyclic amines) is 1. The SMILES string of the molecule is CC(=O)N[C@H](Cc1ccccc1)C(=O)N1C[C@H](OCc2ccc3ccccc3c2)C[C@@H]1CCCN=[N+]=[N-]. The first kappa shape index (κ1) is 26.2. The molecule has 4 rings (SSSR count). The highest BCUT2D eigenvalue weighted by atomic mass is 16.5. The predicted molar refractivity (Wildman–Crippen MR) is 144 cm³/mol. The van der Waals surface area contributed by atoms with Crippen molar-refractivity contribution in [3.63, 3.8) is 0 Å². The molecule has 2 amide bonds. The third-order valence-corrected chi connectivity index (χ3v) is 6.78. The lowest BCUT2D eigenvalue weighted by Crippen LogP contribution is -2.51. The maximum atomic E-state index is 13.7. The largest absolute Gasteiger partial charge is 0.372 e. The Morgan fingerprint density at radius 3 is 2.59 bits per heavy atom. The van der Waals surface area contributed by atoms with Crippen molar-refractivity contribution < 1.29 is 14.3 Å². The summed E-state index contributed by atoms with van der Waals surface area (Å²) in [5.41, 5.74) is 10.7. The van der Waals surface area contributed by atoms with Gasteiger partial charge in [0.05, 0.1) is 12.7 Å². The minimum atomic E-state index is -0.654. The molecular weight excluding hydrogens is 466 g/mol. The molecule has 0 aromatic heterocycles. The Morgan fingerprint density at radius 1 is 1.08 bits per heavy atom. The fourth-order valence-corrected chi connectivity index (χ4v) is 5.02. The van der Waals surface area contributed by atoms with Crippen LogP contribution in [0.5, 0.6) is 0 Å². The Morgan fingerprint density at radius 2 is 1.84 bits per heavy atom. The maximum absolute atomic E-state index is 13.7. The fourth-order valence-electron chi connectivity index (χ4n) is 5.02. The van der Waals surface area contributed by atoms with Gasteiger partial charge in [-0.2, -0.15) is 0 Å². The average Bonchev–Trinajstić information content (AvgIpc) is 3.32. The highest BCUT2D eigenvalue weighted by Gasteiger charge is 2.38. The van der Waals surface area contributed by atoms with Gasteiger partial charge in [0.2, 0.25) is 11.8 Å². The van der Waals surface area contributed by atoms with Gasteiger partial charge in [-0.15, -0.1) is 0 Å².